The predicted molar refractivity (Wildman–Crippen MR) is 91.4 cm³/mol. The normalized spacial score (nSPS) is 10.9. The number of rotatable bonds is 5. The Hall–Kier alpha value is -2.19. The number of nitro groups is 1. The first-order valence-electron chi connectivity index (χ1n) is 6.89. The van der Waals surface area contributed by atoms with Gasteiger partial charge in [-0.25, -0.2) is 0 Å². The fraction of sp³-hybridized carbons (Fsp3) is 0.200. The second kappa shape index (κ2) is 6.51. The zero-order valence-electron chi connectivity index (χ0n) is 12.6. The van der Waals surface area contributed by atoms with Crippen molar-refractivity contribution in [2.45, 2.75) is 24.8 Å². The van der Waals surface area contributed by atoms with Gasteiger partial charge in [0.15, 0.2) is 5.16 Å². The molecule has 8 heteroatoms. The molecule has 0 amide bonds. The Labute approximate surface area is 141 Å². The molecule has 23 heavy (non-hydrogen) atoms. The van der Waals surface area contributed by atoms with Crippen LogP contribution in [0, 0.1) is 24.0 Å². The van der Waals surface area contributed by atoms with E-state index in [1.165, 1.54) is 11.8 Å². The summed E-state index contributed by atoms with van der Waals surface area (Å²) in [4.78, 5) is 10.4. The molecule has 3 rings (SSSR count). The van der Waals surface area contributed by atoms with Crippen LogP contribution in [0.5, 0.6) is 0 Å². The number of benzene rings is 1. The summed E-state index contributed by atoms with van der Waals surface area (Å²) in [5, 5.41) is 21.9. The molecule has 3 aromatic rings. The number of hydrogen-bond acceptors (Lipinski definition) is 6. The van der Waals surface area contributed by atoms with Crippen LogP contribution < -0.4 is 0 Å². The molecular weight excluding hydrogens is 332 g/mol. The van der Waals surface area contributed by atoms with Crippen LogP contribution in [0.25, 0.3) is 5.69 Å². The minimum atomic E-state index is -0.362. The van der Waals surface area contributed by atoms with E-state index in [-0.39, 0.29) is 9.92 Å². The van der Waals surface area contributed by atoms with Gasteiger partial charge in [-0.15, -0.1) is 10.2 Å². The highest BCUT2D eigenvalue weighted by Crippen LogP contribution is 2.30. The lowest BCUT2D eigenvalue weighted by molar-refractivity contribution is -0.380. The molecule has 0 saturated carbocycles. The Morgan fingerprint density at radius 1 is 1.30 bits per heavy atom. The predicted octanol–water partition coefficient (Wildman–Crippen LogP) is 4.15. The minimum absolute atomic E-state index is 0.164. The lowest BCUT2D eigenvalue weighted by Gasteiger charge is -2.10. The zero-order valence-corrected chi connectivity index (χ0v) is 14.2. The van der Waals surface area contributed by atoms with Gasteiger partial charge in [0.25, 0.3) is 0 Å². The number of aryl methyl sites for hydroxylation is 2. The highest BCUT2D eigenvalue weighted by molar-refractivity contribution is 7.98. The molecule has 0 aliphatic heterocycles. The summed E-state index contributed by atoms with van der Waals surface area (Å²) in [6.07, 6.45) is 0. The van der Waals surface area contributed by atoms with Gasteiger partial charge in [0.05, 0.1) is 10.6 Å². The molecule has 0 saturated heterocycles. The number of hydrogen-bond donors (Lipinski definition) is 0. The van der Waals surface area contributed by atoms with Crippen molar-refractivity contribution < 1.29 is 4.92 Å². The topological polar surface area (TPSA) is 73.8 Å². The molecule has 0 atom stereocenters. The van der Waals surface area contributed by atoms with Gasteiger partial charge in [0, 0.05) is 17.2 Å². The van der Waals surface area contributed by atoms with E-state index in [1.54, 1.807) is 6.07 Å². The molecule has 2 heterocycles. The van der Waals surface area contributed by atoms with E-state index in [0.29, 0.717) is 5.75 Å². The van der Waals surface area contributed by atoms with Gasteiger partial charge in [0.1, 0.15) is 5.82 Å². The van der Waals surface area contributed by atoms with Crippen LogP contribution in [0.3, 0.4) is 0 Å². The third kappa shape index (κ3) is 3.27. The van der Waals surface area contributed by atoms with Crippen LogP contribution in [0.4, 0.5) is 5.00 Å². The summed E-state index contributed by atoms with van der Waals surface area (Å²) in [5.41, 5.74) is 3.11. The van der Waals surface area contributed by atoms with Crippen LogP contribution >= 0.6 is 23.1 Å². The second-order valence-corrected chi connectivity index (χ2v) is 6.82. The molecule has 0 radical (unpaired) electrons. The summed E-state index contributed by atoms with van der Waals surface area (Å²) in [6.45, 7) is 3.96. The van der Waals surface area contributed by atoms with Crippen molar-refractivity contribution in [3.05, 3.63) is 62.8 Å². The highest BCUT2D eigenvalue weighted by atomic mass is 32.2. The van der Waals surface area contributed by atoms with Gasteiger partial charge in [0.2, 0.25) is 0 Å². The van der Waals surface area contributed by atoms with Crippen molar-refractivity contribution in [3.8, 4) is 5.69 Å². The first-order valence-corrected chi connectivity index (χ1v) is 8.75. The van der Waals surface area contributed by atoms with Crippen LogP contribution in [0.15, 0.2) is 40.9 Å². The number of nitrogens with zero attached hydrogens (tertiary/aromatic N) is 4. The van der Waals surface area contributed by atoms with E-state index in [9.17, 15) is 10.1 Å². The lowest BCUT2D eigenvalue weighted by Crippen LogP contribution is -2.01. The van der Waals surface area contributed by atoms with E-state index >= 15 is 0 Å². The monoisotopic (exact) mass is 346 g/mol. The van der Waals surface area contributed by atoms with Crippen molar-refractivity contribution in [2.75, 3.05) is 0 Å². The van der Waals surface area contributed by atoms with Crippen LogP contribution in [0.2, 0.25) is 0 Å². The maximum Gasteiger partial charge on any atom is 0.324 e. The van der Waals surface area contributed by atoms with Crippen molar-refractivity contribution in [1.82, 2.24) is 14.8 Å². The SMILES string of the molecule is Cc1ccccc1-n1c(C)nnc1SCc1csc([N+](=O)[O-])c1. The van der Waals surface area contributed by atoms with Gasteiger partial charge in [-0.3, -0.25) is 14.7 Å². The molecule has 6 nitrogen and oxygen atoms in total. The quantitative estimate of drug-likeness (QED) is 0.394. The first-order chi connectivity index (χ1) is 11.1. The van der Waals surface area contributed by atoms with E-state index < -0.39 is 0 Å². The molecule has 0 unspecified atom stereocenters. The van der Waals surface area contributed by atoms with Crippen LogP contribution in [0.1, 0.15) is 17.0 Å². The maximum atomic E-state index is 10.8. The van der Waals surface area contributed by atoms with Gasteiger partial charge >= 0.3 is 5.00 Å². The van der Waals surface area contributed by atoms with E-state index in [4.69, 9.17) is 0 Å². The fourth-order valence-corrected chi connectivity index (χ4v) is 3.97. The Morgan fingerprint density at radius 2 is 2.09 bits per heavy atom. The molecule has 2 aromatic heterocycles. The summed E-state index contributed by atoms with van der Waals surface area (Å²) in [7, 11) is 0. The molecule has 0 aliphatic carbocycles. The first kappa shape index (κ1) is 15.7. The molecule has 118 valence electrons. The van der Waals surface area contributed by atoms with Gasteiger partial charge < -0.3 is 0 Å². The Morgan fingerprint density at radius 3 is 2.78 bits per heavy atom. The highest BCUT2D eigenvalue weighted by Gasteiger charge is 2.15. The molecular formula is C15H14N4O2S2. The molecule has 0 bridgehead atoms. The minimum Gasteiger partial charge on any atom is -0.274 e. The van der Waals surface area contributed by atoms with E-state index in [2.05, 4.69) is 10.2 Å². The molecule has 0 fully saturated rings. The molecule has 1 aromatic carbocycles. The zero-order chi connectivity index (χ0) is 16.4. The molecule has 0 spiro atoms. The van der Waals surface area contributed by atoms with Gasteiger partial charge in [-0.1, -0.05) is 41.3 Å². The average molecular weight is 346 g/mol. The Bertz CT molecular complexity index is 857. The molecule has 0 N–H and O–H groups in total. The average Bonchev–Trinajstić information content (AvgIpc) is 3.13. The van der Waals surface area contributed by atoms with Gasteiger partial charge in [-0.2, -0.15) is 0 Å². The number of thiophene rings is 1. The third-order valence-electron chi connectivity index (χ3n) is 3.34. The van der Waals surface area contributed by atoms with Crippen LogP contribution in [-0.4, -0.2) is 19.7 Å². The third-order valence-corrected chi connectivity index (χ3v) is 5.27. The number of thioether (sulfide) groups is 1. The van der Waals surface area contributed by atoms with Crippen LogP contribution in [-0.2, 0) is 5.75 Å². The fourth-order valence-electron chi connectivity index (χ4n) is 2.21. The molecule has 0 aliphatic rings. The Kier molecular flexibility index (Phi) is 4.44. The summed E-state index contributed by atoms with van der Waals surface area (Å²) < 4.78 is 2.01. The van der Waals surface area contributed by atoms with Gasteiger partial charge in [-0.05, 0) is 31.0 Å². The number of para-hydroxylation sites is 1. The van der Waals surface area contributed by atoms with E-state index in [0.717, 1.165) is 39.1 Å². The maximum absolute atomic E-state index is 10.8. The number of aromatic nitrogens is 3. The smallest absolute Gasteiger partial charge is 0.274 e. The summed E-state index contributed by atoms with van der Waals surface area (Å²) in [6, 6.07) is 9.67. The van der Waals surface area contributed by atoms with Crippen molar-refractivity contribution >= 4 is 28.1 Å². The second-order valence-electron chi connectivity index (χ2n) is 4.99. The van der Waals surface area contributed by atoms with Crippen molar-refractivity contribution in [2.24, 2.45) is 0 Å². The lowest BCUT2D eigenvalue weighted by atomic mass is 10.2. The van der Waals surface area contributed by atoms with E-state index in [1.807, 2.05) is 48.1 Å². The van der Waals surface area contributed by atoms with Crippen molar-refractivity contribution in [1.29, 1.82) is 0 Å². The van der Waals surface area contributed by atoms with Crippen molar-refractivity contribution in [3.63, 3.8) is 0 Å². The Balaban J connectivity index is 1.84. The summed E-state index contributed by atoms with van der Waals surface area (Å²) in [5.74, 6) is 1.44. The largest absolute Gasteiger partial charge is 0.324 e. The summed E-state index contributed by atoms with van der Waals surface area (Å²) >= 11 is 2.67. The standard InChI is InChI=1S/C15H14N4O2S2/c1-10-5-3-4-6-13(10)18-11(2)16-17-15(18)23-9-12-7-14(19(20)21)22-8-12/h3-8H,9H2,1-2H3.